The molecule has 6 heteroatoms. The molecule has 1 aromatic heterocycles. The number of aliphatic hydroxyl groups excluding tert-OH is 1. The topological polar surface area (TPSA) is 49.5 Å². The third kappa shape index (κ3) is 3.28. The van der Waals surface area contributed by atoms with Crippen molar-refractivity contribution >= 4 is 0 Å². The Morgan fingerprint density at radius 2 is 2.10 bits per heavy atom. The lowest BCUT2D eigenvalue weighted by molar-refractivity contribution is 0.182. The van der Waals surface area contributed by atoms with Crippen LogP contribution in [0.25, 0.3) is 11.5 Å². The third-order valence-electron chi connectivity index (χ3n) is 3.53. The minimum Gasteiger partial charge on any atom is -0.444 e. The molecule has 0 amide bonds. The van der Waals surface area contributed by atoms with Crippen LogP contribution in [-0.2, 0) is 6.54 Å². The predicted molar refractivity (Wildman–Crippen MR) is 72.4 cm³/mol. The van der Waals surface area contributed by atoms with Gasteiger partial charge in [0.15, 0.2) is 11.6 Å². The van der Waals surface area contributed by atoms with Crippen LogP contribution in [0.3, 0.4) is 0 Å². The molecule has 2 aromatic rings. The summed E-state index contributed by atoms with van der Waals surface area (Å²) >= 11 is 0. The van der Waals surface area contributed by atoms with Gasteiger partial charge in [0.05, 0.1) is 12.3 Å². The van der Waals surface area contributed by atoms with Crippen LogP contribution in [0.1, 0.15) is 18.5 Å². The molecule has 1 heterocycles. The highest BCUT2D eigenvalue weighted by Gasteiger charge is 2.29. The predicted octanol–water partition coefficient (Wildman–Crippen LogP) is 2.58. The quantitative estimate of drug-likeness (QED) is 0.889. The standard InChI is InChI=1S/C15H16F2N2O2/c16-13-4-1-10(7-14(13)17)15-18-11(9-21-15)8-19(5-6-20)12-2-3-12/h1,4,7,9,12,20H,2-3,5-6,8H2. The third-order valence-corrected chi connectivity index (χ3v) is 3.53. The summed E-state index contributed by atoms with van der Waals surface area (Å²) in [6, 6.07) is 4.05. The van der Waals surface area contributed by atoms with E-state index in [2.05, 4.69) is 9.88 Å². The molecule has 1 aliphatic carbocycles. The second-order valence-corrected chi connectivity index (χ2v) is 5.20. The summed E-state index contributed by atoms with van der Waals surface area (Å²) < 4.78 is 31.5. The molecule has 0 atom stereocenters. The zero-order valence-electron chi connectivity index (χ0n) is 11.4. The van der Waals surface area contributed by atoms with Crippen molar-refractivity contribution in [2.45, 2.75) is 25.4 Å². The first-order chi connectivity index (χ1) is 10.2. The molecule has 1 aromatic carbocycles. The Morgan fingerprint density at radius 3 is 2.76 bits per heavy atom. The van der Waals surface area contributed by atoms with Crippen molar-refractivity contribution in [3.05, 3.63) is 41.8 Å². The van der Waals surface area contributed by atoms with E-state index in [1.54, 1.807) is 0 Å². The molecule has 0 aliphatic heterocycles. The second kappa shape index (κ2) is 5.91. The fourth-order valence-corrected chi connectivity index (χ4v) is 2.31. The van der Waals surface area contributed by atoms with Crippen molar-refractivity contribution in [2.24, 2.45) is 0 Å². The first kappa shape index (κ1) is 14.2. The first-order valence-corrected chi connectivity index (χ1v) is 6.92. The molecule has 1 N–H and O–H groups in total. The number of hydrogen-bond acceptors (Lipinski definition) is 4. The van der Waals surface area contributed by atoms with E-state index in [0.717, 1.165) is 30.7 Å². The van der Waals surface area contributed by atoms with Crippen LogP contribution >= 0.6 is 0 Å². The highest BCUT2D eigenvalue weighted by atomic mass is 19.2. The SMILES string of the molecule is OCCN(Cc1coc(-c2ccc(F)c(F)c2)n1)C1CC1. The Morgan fingerprint density at radius 1 is 1.29 bits per heavy atom. The Hall–Kier alpha value is -1.79. The van der Waals surface area contributed by atoms with Crippen LogP contribution in [0.15, 0.2) is 28.9 Å². The van der Waals surface area contributed by atoms with Crippen molar-refractivity contribution in [2.75, 3.05) is 13.2 Å². The number of halogens is 2. The number of hydrogen-bond donors (Lipinski definition) is 1. The van der Waals surface area contributed by atoms with Crippen molar-refractivity contribution in [1.82, 2.24) is 9.88 Å². The minimum absolute atomic E-state index is 0.102. The smallest absolute Gasteiger partial charge is 0.226 e. The Balaban J connectivity index is 1.74. The summed E-state index contributed by atoms with van der Waals surface area (Å²) in [6.07, 6.45) is 3.78. The van der Waals surface area contributed by atoms with Crippen LogP contribution in [0, 0.1) is 11.6 Å². The zero-order valence-corrected chi connectivity index (χ0v) is 11.4. The fraction of sp³-hybridized carbons (Fsp3) is 0.400. The van der Waals surface area contributed by atoms with Gasteiger partial charge in [-0.2, -0.15) is 0 Å². The van der Waals surface area contributed by atoms with Gasteiger partial charge in [0.1, 0.15) is 6.26 Å². The normalized spacial score (nSPS) is 14.9. The molecule has 21 heavy (non-hydrogen) atoms. The molecular weight excluding hydrogens is 278 g/mol. The van der Waals surface area contributed by atoms with Crippen LogP contribution in [0.5, 0.6) is 0 Å². The Kier molecular flexibility index (Phi) is 3.98. The maximum Gasteiger partial charge on any atom is 0.226 e. The molecule has 0 spiro atoms. The van der Waals surface area contributed by atoms with E-state index in [1.165, 1.54) is 12.3 Å². The lowest BCUT2D eigenvalue weighted by Gasteiger charge is -2.18. The van der Waals surface area contributed by atoms with E-state index in [1.807, 2.05) is 0 Å². The molecule has 0 radical (unpaired) electrons. The lowest BCUT2D eigenvalue weighted by atomic mass is 10.2. The lowest BCUT2D eigenvalue weighted by Crippen LogP contribution is -2.28. The van der Waals surface area contributed by atoms with Crippen LogP contribution in [0.2, 0.25) is 0 Å². The zero-order chi connectivity index (χ0) is 14.8. The van der Waals surface area contributed by atoms with Crippen molar-refractivity contribution < 1.29 is 18.3 Å². The van der Waals surface area contributed by atoms with Gasteiger partial charge >= 0.3 is 0 Å². The van der Waals surface area contributed by atoms with E-state index in [-0.39, 0.29) is 12.5 Å². The number of rotatable bonds is 6. The van der Waals surface area contributed by atoms with Crippen LogP contribution in [-0.4, -0.2) is 34.2 Å². The van der Waals surface area contributed by atoms with Crippen LogP contribution in [0.4, 0.5) is 8.78 Å². The number of aromatic nitrogens is 1. The summed E-state index contributed by atoms with van der Waals surface area (Å²) in [6.45, 7) is 1.28. The maximum atomic E-state index is 13.2. The summed E-state index contributed by atoms with van der Waals surface area (Å²) in [4.78, 5) is 6.45. The summed E-state index contributed by atoms with van der Waals surface area (Å²) in [5.41, 5.74) is 1.12. The Bertz CT molecular complexity index is 626. The molecule has 1 aliphatic rings. The summed E-state index contributed by atoms with van der Waals surface area (Å²) in [5.74, 6) is -1.55. The number of aliphatic hydroxyl groups is 1. The van der Waals surface area contributed by atoms with E-state index in [4.69, 9.17) is 9.52 Å². The highest BCUT2D eigenvalue weighted by molar-refractivity contribution is 5.53. The molecule has 0 saturated heterocycles. The molecule has 0 unspecified atom stereocenters. The van der Waals surface area contributed by atoms with Crippen molar-refractivity contribution in [3.8, 4) is 11.5 Å². The van der Waals surface area contributed by atoms with Gasteiger partial charge in [-0.15, -0.1) is 0 Å². The van der Waals surface area contributed by atoms with Gasteiger partial charge in [-0.05, 0) is 31.0 Å². The van der Waals surface area contributed by atoms with Gasteiger partial charge in [0.2, 0.25) is 5.89 Å². The molecule has 1 fully saturated rings. The van der Waals surface area contributed by atoms with E-state index < -0.39 is 11.6 Å². The minimum atomic E-state index is -0.924. The van der Waals surface area contributed by atoms with Gasteiger partial charge in [0.25, 0.3) is 0 Å². The van der Waals surface area contributed by atoms with E-state index in [9.17, 15) is 8.78 Å². The molecular formula is C15H16F2N2O2. The van der Waals surface area contributed by atoms with E-state index >= 15 is 0 Å². The summed E-state index contributed by atoms with van der Waals surface area (Å²) in [5, 5.41) is 9.07. The molecule has 3 rings (SSSR count). The van der Waals surface area contributed by atoms with Gasteiger partial charge in [-0.3, -0.25) is 4.90 Å². The number of benzene rings is 1. The second-order valence-electron chi connectivity index (χ2n) is 5.20. The number of oxazole rings is 1. The summed E-state index contributed by atoms with van der Waals surface area (Å²) in [7, 11) is 0. The van der Waals surface area contributed by atoms with Gasteiger partial charge < -0.3 is 9.52 Å². The maximum absolute atomic E-state index is 13.2. The fourth-order valence-electron chi connectivity index (χ4n) is 2.31. The van der Waals surface area contributed by atoms with Gasteiger partial charge in [0, 0.05) is 24.7 Å². The monoisotopic (exact) mass is 294 g/mol. The molecule has 1 saturated carbocycles. The van der Waals surface area contributed by atoms with Gasteiger partial charge in [-0.25, -0.2) is 13.8 Å². The van der Waals surface area contributed by atoms with Crippen molar-refractivity contribution in [3.63, 3.8) is 0 Å². The average Bonchev–Trinajstić information content (AvgIpc) is 3.21. The van der Waals surface area contributed by atoms with Crippen LogP contribution < -0.4 is 0 Å². The largest absolute Gasteiger partial charge is 0.444 e. The molecule has 0 bridgehead atoms. The molecule has 112 valence electrons. The van der Waals surface area contributed by atoms with E-state index in [0.29, 0.717) is 24.7 Å². The molecule has 4 nitrogen and oxygen atoms in total. The van der Waals surface area contributed by atoms with Crippen molar-refractivity contribution in [1.29, 1.82) is 0 Å². The first-order valence-electron chi connectivity index (χ1n) is 6.92. The number of nitrogens with zero attached hydrogens (tertiary/aromatic N) is 2. The highest BCUT2D eigenvalue weighted by Crippen LogP contribution is 2.28. The average molecular weight is 294 g/mol. The Labute approximate surface area is 121 Å². The van der Waals surface area contributed by atoms with Gasteiger partial charge in [-0.1, -0.05) is 0 Å².